The third-order valence-corrected chi connectivity index (χ3v) is 14.5. The van der Waals surface area contributed by atoms with Gasteiger partial charge in [-0.3, -0.25) is 9.13 Å². The first kappa shape index (κ1) is 15.9. The summed E-state index contributed by atoms with van der Waals surface area (Å²) in [6.45, 7) is 0. The van der Waals surface area contributed by atoms with Crippen molar-refractivity contribution in [2.45, 2.75) is 0 Å². The quantitative estimate of drug-likeness (QED) is 0.113. The Morgan fingerprint density at radius 2 is 0.746 bits per heavy atom. The molecule has 0 spiro atoms. The Labute approximate surface area is 413 Å². The fourth-order valence-corrected chi connectivity index (χ4v) is 11.5. The van der Waals surface area contributed by atoms with Crippen molar-refractivity contribution in [2.75, 3.05) is 0 Å². The second kappa shape index (κ2) is 15.1. The number of benzene rings is 9. The molecule has 0 amide bonds. The second-order valence-corrected chi connectivity index (χ2v) is 17.1. The van der Waals surface area contributed by atoms with E-state index in [0.717, 1.165) is 39.5 Å². The maximum Gasteiger partial charge on any atom is 0.240 e. The van der Waals surface area contributed by atoms with Crippen molar-refractivity contribution in [3.05, 3.63) is 236 Å². The molecule has 63 heavy (non-hydrogen) atoms. The van der Waals surface area contributed by atoms with Crippen LogP contribution >= 0.6 is 0 Å². The molecule has 0 saturated carbocycles. The Bertz CT molecular complexity index is 5260. The van der Waals surface area contributed by atoms with Crippen molar-refractivity contribution in [3.63, 3.8) is 0 Å². The lowest BCUT2D eigenvalue weighted by Crippen LogP contribution is -2.74. The van der Waals surface area contributed by atoms with Crippen LogP contribution in [0.4, 0.5) is 0 Å². The van der Waals surface area contributed by atoms with Gasteiger partial charge in [0.25, 0.3) is 0 Å². The van der Waals surface area contributed by atoms with Gasteiger partial charge in [0.2, 0.25) is 11.9 Å². The molecule has 9 aromatic carbocycles. The van der Waals surface area contributed by atoms with Gasteiger partial charge in [-0.25, -0.2) is 0 Å². The zero-order valence-corrected chi connectivity index (χ0v) is 32.6. The highest BCUT2D eigenvalue weighted by Gasteiger charge is 2.41. The van der Waals surface area contributed by atoms with Gasteiger partial charge in [-0.15, -0.1) is 0 Å². The third-order valence-electron chi connectivity index (χ3n) is 10.2. The van der Waals surface area contributed by atoms with Gasteiger partial charge >= 0.3 is 0 Å². The van der Waals surface area contributed by atoms with Crippen LogP contribution in [0.5, 0.6) is 0 Å². The number of fused-ring (bicyclic) bond motifs is 6. The van der Waals surface area contributed by atoms with E-state index in [-0.39, 0.29) is 10.8 Å². The first-order chi connectivity index (χ1) is 45.4. The molecular formula is C57H39N5Si. The van der Waals surface area contributed by atoms with E-state index >= 15 is 0 Å². The molecule has 1 unspecified atom stereocenters. The molecule has 296 valence electrons. The highest BCUT2D eigenvalue weighted by molar-refractivity contribution is 7.19. The Kier molecular flexibility index (Phi) is 3.81. The van der Waals surface area contributed by atoms with Crippen molar-refractivity contribution in [1.29, 1.82) is 0 Å². The minimum Gasteiger partial charge on any atom is -0.278 e. The summed E-state index contributed by atoms with van der Waals surface area (Å²) in [5.74, 6) is -2.25. The molecule has 12 rings (SSSR count). The lowest BCUT2D eigenvalue weighted by atomic mass is 10.1. The summed E-state index contributed by atoms with van der Waals surface area (Å²) in [6.07, 6.45) is 0. The molecule has 0 radical (unpaired) electrons. The van der Waals surface area contributed by atoms with Crippen LogP contribution in [0, 0.1) is 0 Å². The molecule has 1 atom stereocenters. The molecular weight excluding hydrogens is 783 g/mol. The summed E-state index contributed by atoms with van der Waals surface area (Å²) in [5, 5.41) is -4.71. The molecule has 0 bridgehead atoms. The van der Waals surface area contributed by atoms with Crippen molar-refractivity contribution < 1.29 is 46.6 Å². The van der Waals surface area contributed by atoms with E-state index in [4.69, 9.17) is 41.5 Å². The maximum atomic E-state index is 10.2. The van der Waals surface area contributed by atoms with Crippen molar-refractivity contribution in [1.82, 2.24) is 24.1 Å². The predicted octanol–water partition coefficient (Wildman–Crippen LogP) is 10.8. The number of para-hydroxylation sites is 4. The second-order valence-electron chi connectivity index (χ2n) is 13.5. The Hall–Kier alpha value is -8.19. The summed E-state index contributed by atoms with van der Waals surface area (Å²) >= 11 is 0. The lowest BCUT2D eigenvalue weighted by Gasteiger charge is -2.34. The zero-order chi connectivity index (χ0) is 71.3. The topological polar surface area (TPSA) is 48.5 Å². The number of nitrogens with zero attached hydrogens (tertiary/aromatic N) is 5. The standard InChI is InChI=1S/C57H39N5Si/c1-4-19-40(20-5-1)42-21-18-26-46(39-42)63(43-22-6-2-7-23-43,44-24-8-3-9-25-44)45-37-35-41(36-38-45)55-58-56(61-51-31-14-10-27-47(51)48-28-11-15-32-52(48)61)60-57(59-55)62-53-33-16-12-29-49(53)50-30-13-17-34-54(50)62/h1-39H/i1D,2D,3D,4D,5D,6D,7D,8D,9D,10D,11D,12D,13D,14D,15D,16D,17D,18D,19D,20D,21D,22D,23D,24D,26D,27D,28D,29D,30D,31D,32D,33D,34D,39D. The zero-order valence-electron chi connectivity index (χ0n) is 65.6. The molecule has 3 heterocycles. The van der Waals surface area contributed by atoms with E-state index in [1.807, 2.05) is 0 Å². The highest BCUT2D eigenvalue weighted by atomic mass is 28.3. The first-order valence-electron chi connectivity index (χ1n) is 35.6. The van der Waals surface area contributed by atoms with Gasteiger partial charge in [-0.1, -0.05) is 212 Å². The van der Waals surface area contributed by atoms with Crippen LogP contribution in [-0.4, -0.2) is 32.2 Å². The first-order valence-corrected chi connectivity index (χ1v) is 20.6. The van der Waals surface area contributed by atoms with Crippen molar-refractivity contribution in [3.8, 4) is 34.4 Å². The van der Waals surface area contributed by atoms with Crippen LogP contribution in [0.3, 0.4) is 0 Å². The maximum absolute atomic E-state index is 10.2. The molecule has 0 fully saturated rings. The van der Waals surface area contributed by atoms with Gasteiger partial charge in [-0.05, 0) is 56.0 Å². The Balaban J connectivity index is 1.30. The summed E-state index contributed by atoms with van der Waals surface area (Å²) in [7, 11) is -5.82. The number of hydrogen-bond donors (Lipinski definition) is 0. The molecule has 6 heteroatoms. The minimum atomic E-state index is -5.82. The van der Waals surface area contributed by atoms with Gasteiger partial charge in [0.1, 0.15) is 0 Å². The van der Waals surface area contributed by atoms with Gasteiger partial charge in [0.15, 0.2) is 13.9 Å². The summed E-state index contributed by atoms with van der Waals surface area (Å²) in [4.78, 5) is 14.1. The predicted molar refractivity (Wildman–Crippen MR) is 263 cm³/mol. The van der Waals surface area contributed by atoms with E-state index in [9.17, 15) is 15.1 Å². The Morgan fingerprint density at radius 1 is 0.317 bits per heavy atom. The molecule has 0 aliphatic carbocycles. The molecule has 0 saturated heterocycles. The van der Waals surface area contributed by atoms with Crippen LogP contribution in [0.1, 0.15) is 46.6 Å². The molecule has 0 aliphatic rings. The van der Waals surface area contributed by atoms with Crippen molar-refractivity contribution in [2.24, 2.45) is 0 Å². The average molecular weight is 856 g/mol. The smallest absolute Gasteiger partial charge is 0.240 e. The number of hydrogen-bond acceptors (Lipinski definition) is 3. The SMILES string of the molecule is [2H]c1cc([Si](c2ccc(-c3nc(-n4c5c([2H])c([2H])c([2H])c([2H])c5c5c([2H])c([2H])c([2H])c([2H])c54)nc(-n4c5c([2H])c([2H])c([2H])c([2H])c5c5c([2H])c([2H])c([2H])c([2H])c54)n3)cc2)(c2c([2H])c([2H])c([2H])c([2H])c2[2H])c2c([2H])c([2H])c([2H])c(-c3c([2H])c([2H])c([2H])c([2H])c3[2H])c2[2H])c([2H])c([2H])c1[2H]. The van der Waals surface area contributed by atoms with Crippen LogP contribution in [0.2, 0.25) is 0 Å². The molecule has 0 N–H and O–H groups in total. The van der Waals surface area contributed by atoms with Gasteiger partial charge in [0.05, 0.1) is 68.7 Å². The lowest BCUT2D eigenvalue weighted by molar-refractivity contribution is 0.893. The van der Waals surface area contributed by atoms with Crippen LogP contribution < -0.4 is 20.7 Å². The minimum absolute atomic E-state index is 0.276. The summed E-state index contributed by atoms with van der Waals surface area (Å²) in [5.41, 5.74) is -4.37. The van der Waals surface area contributed by atoms with Crippen molar-refractivity contribution >= 4 is 72.4 Å². The summed E-state index contributed by atoms with van der Waals surface area (Å²) in [6, 6.07) is -26.8. The largest absolute Gasteiger partial charge is 0.278 e. The Morgan fingerprint density at radius 3 is 1.29 bits per heavy atom. The monoisotopic (exact) mass is 856 g/mol. The van der Waals surface area contributed by atoms with E-state index in [0.29, 0.717) is 0 Å². The number of rotatable bonds is 8. The van der Waals surface area contributed by atoms with Crippen LogP contribution in [-0.2, 0) is 0 Å². The van der Waals surface area contributed by atoms with Gasteiger partial charge < -0.3 is 0 Å². The van der Waals surface area contributed by atoms with E-state index in [2.05, 4.69) is 4.98 Å². The summed E-state index contributed by atoms with van der Waals surface area (Å²) < 4.78 is 310. The third kappa shape index (κ3) is 5.95. The molecule has 3 aromatic heterocycles. The molecule has 0 aliphatic heterocycles. The fourth-order valence-electron chi connectivity index (χ4n) is 7.58. The van der Waals surface area contributed by atoms with Crippen LogP contribution in [0.25, 0.3) is 78.0 Å². The highest BCUT2D eigenvalue weighted by Crippen LogP contribution is 2.34. The normalized spacial score (nSPS) is 20.1. The van der Waals surface area contributed by atoms with E-state index in [1.54, 1.807) is 0 Å². The van der Waals surface area contributed by atoms with Gasteiger partial charge in [0, 0.05) is 27.1 Å². The average Bonchev–Trinajstić information content (AvgIpc) is 1.40. The van der Waals surface area contributed by atoms with E-state index < -0.39 is 302 Å². The fraction of sp³-hybridized carbons (Fsp3) is 0. The van der Waals surface area contributed by atoms with Gasteiger partial charge in [-0.2, -0.15) is 15.0 Å². The van der Waals surface area contributed by atoms with Crippen LogP contribution in [0.15, 0.2) is 236 Å². The molecule has 5 nitrogen and oxygen atoms in total. The number of aromatic nitrogens is 5. The van der Waals surface area contributed by atoms with E-state index in [1.165, 1.54) is 0 Å². The molecule has 12 aromatic rings.